The summed E-state index contributed by atoms with van der Waals surface area (Å²) < 4.78 is 170. The van der Waals surface area contributed by atoms with Crippen molar-refractivity contribution in [3.8, 4) is 42.5 Å². The summed E-state index contributed by atoms with van der Waals surface area (Å²) >= 11 is 0. The fourth-order valence-corrected chi connectivity index (χ4v) is 6.62. The second kappa shape index (κ2) is 13.5. The predicted octanol–water partition coefficient (Wildman–Crippen LogP) is 10.4. The van der Waals surface area contributed by atoms with Gasteiger partial charge in [-0.15, -0.1) is 0 Å². The van der Waals surface area contributed by atoms with Crippen molar-refractivity contribution in [1.82, 2.24) is 0 Å². The minimum atomic E-state index is -5.63. The Morgan fingerprint density at radius 2 is 0.719 bits per heavy atom. The zero-order valence-corrected chi connectivity index (χ0v) is 27.6. The molecule has 280 valence electrons. The van der Waals surface area contributed by atoms with Crippen LogP contribution in [0.2, 0.25) is 0 Å². The molecular formula is C38H9F12N7. The molecule has 0 amide bonds. The molecule has 2 aliphatic rings. The number of nitriles is 7. The van der Waals surface area contributed by atoms with E-state index in [2.05, 4.69) is 0 Å². The first kappa shape index (κ1) is 40.4. The van der Waals surface area contributed by atoms with Crippen molar-refractivity contribution in [2.45, 2.75) is 31.6 Å². The van der Waals surface area contributed by atoms with Gasteiger partial charge in [0.15, 0.2) is 0 Å². The van der Waals surface area contributed by atoms with Gasteiger partial charge in [0.1, 0.15) is 53.6 Å². The van der Waals surface area contributed by atoms with Gasteiger partial charge in [-0.1, -0.05) is 0 Å². The van der Waals surface area contributed by atoms with Crippen molar-refractivity contribution in [2.24, 2.45) is 0 Å². The molecule has 0 unspecified atom stereocenters. The highest BCUT2D eigenvalue weighted by Crippen LogP contribution is 2.56. The first-order chi connectivity index (χ1) is 26.4. The third-order valence-corrected chi connectivity index (χ3v) is 8.86. The molecule has 0 aliphatic heterocycles. The number of halogens is 12. The van der Waals surface area contributed by atoms with Crippen molar-refractivity contribution in [1.29, 1.82) is 36.8 Å². The predicted molar refractivity (Wildman–Crippen MR) is 170 cm³/mol. The summed E-state index contributed by atoms with van der Waals surface area (Å²) in [6, 6.07) is 11.9. The van der Waals surface area contributed by atoms with E-state index in [0.717, 1.165) is 18.2 Å². The van der Waals surface area contributed by atoms with Gasteiger partial charge in [-0.2, -0.15) is 89.5 Å². The van der Waals surface area contributed by atoms with E-state index in [1.165, 1.54) is 24.3 Å². The van der Waals surface area contributed by atoms with Crippen LogP contribution in [0, 0.1) is 86.2 Å². The molecule has 3 aromatic carbocycles. The van der Waals surface area contributed by atoms with Gasteiger partial charge >= 0.3 is 24.7 Å². The Bertz CT molecular complexity index is 2710. The molecule has 2 aliphatic carbocycles. The molecule has 19 heteroatoms. The van der Waals surface area contributed by atoms with Crippen LogP contribution in [0.5, 0.6) is 0 Å². The Morgan fingerprint density at radius 1 is 0.421 bits per heavy atom. The van der Waals surface area contributed by atoms with E-state index in [0.29, 0.717) is 6.92 Å². The Hall–Kier alpha value is -7.79. The number of rotatable bonds is 2. The number of allylic oxidation sites excluding steroid dienone is 8. The summed E-state index contributed by atoms with van der Waals surface area (Å²) in [5.41, 5.74) is -22.0. The number of hydrogen-bond acceptors (Lipinski definition) is 7. The summed E-state index contributed by atoms with van der Waals surface area (Å²) in [5.74, 6) is 0. The Labute approximate surface area is 311 Å². The molecule has 0 spiro atoms. The van der Waals surface area contributed by atoms with Crippen molar-refractivity contribution in [3.05, 3.63) is 114 Å². The largest absolute Gasteiger partial charge is 0.417 e. The van der Waals surface area contributed by atoms with E-state index in [-0.39, 0.29) is 24.3 Å². The maximum atomic E-state index is 14.2. The van der Waals surface area contributed by atoms with Crippen LogP contribution < -0.4 is 0 Å². The van der Waals surface area contributed by atoms with Gasteiger partial charge in [-0.3, -0.25) is 0 Å². The molecule has 0 bridgehead atoms. The van der Waals surface area contributed by atoms with Gasteiger partial charge in [0.05, 0.1) is 39.0 Å². The highest BCUT2D eigenvalue weighted by molar-refractivity contribution is 6.30. The topological polar surface area (TPSA) is 167 Å². The van der Waals surface area contributed by atoms with Crippen LogP contribution in [0.25, 0.3) is 33.4 Å². The lowest BCUT2D eigenvalue weighted by Gasteiger charge is -2.19. The highest BCUT2D eigenvalue weighted by atomic mass is 19.4. The van der Waals surface area contributed by atoms with Crippen LogP contribution in [0.4, 0.5) is 52.7 Å². The van der Waals surface area contributed by atoms with Gasteiger partial charge in [-0.05, 0) is 71.1 Å². The second-order valence-electron chi connectivity index (χ2n) is 11.9. The number of fused-ring (bicyclic) bond motifs is 2. The maximum absolute atomic E-state index is 14.2. The van der Waals surface area contributed by atoms with Gasteiger partial charge < -0.3 is 0 Å². The van der Waals surface area contributed by atoms with Gasteiger partial charge in [-0.25, -0.2) is 0 Å². The van der Waals surface area contributed by atoms with Crippen molar-refractivity contribution in [2.75, 3.05) is 0 Å². The van der Waals surface area contributed by atoms with E-state index < -0.39 is 136 Å². The fraction of sp³-hybridized carbons (Fsp3) is 0.132. The number of hydrogen-bond donors (Lipinski definition) is 0. The van der Waals surface area contributed by atoms with Crippen LogP contribution >= 0.6 is 0 Å². The van der Waals surface area contributed by atoms with Crippen LogP contribution in [0.15, 0.2) is 47.5 Å². The van der Waals surface area contributed by atoms with Crippen LogP contribution in [-0.2, 0) is 24.7 Å². The molecule has 0 aromatic heterocycles. The molecule has 0 N–H and O–H groups in total. The number of benzene rings is 3. The Balaban J connectivity index is 2.01. The molecule has 0 saturated heterocycles. The lowest BCUT2D eigenvalue weighted by molar-refractivity contribution is -0.145. The highest BCUT2D eigenvalue weighted by Gasteiger charge is 2.45. The van der Waals surface area contributed by atoms with E-state index in [4.69, 9.17) is 0 Å². The first-order valence-corrected chi connectivity index (χ1v) is 15.0. The van der Waals surface area contributed by atoms with E-state index in [1.807, 2.05) is 0 Å². The number of alkyl halides is 12. The summed E-state index contributed by atoms with van der Waals surface area (Å²) in [6.45, 7) is 0.530. The van der Waals surface area contributed by atoms with Crippen LogP contribution in [0.1, 0.15) is 66.8 Å². The normalized spacial score (nSPS) is 13.7. The molecule has 5 rings (SSSR count). The van der Waals surface area contributed by atoms with Crippen molar-refractivity contribution >= 4 is 33.4 Å². The molecule has 57 heavy (non-hydrogen) atoms. The third kappa shape index (κ3) is 6.46. The average molecular weight is 792 g/mol. The summed E-state index contributed by atoms with van der Waals surface area (Å²) in [7, 11) is 0. The molecule has 7 nitrogen and oxygen atoms in total. The van der Waals surface area contributed by atoms with Crippen molar-refractivity contribution < 1.29 is 52.7 Å². The third-order valence-electron chi connectivity index (χ3n) is 8.86. The summed E-state index contributed by atoms with van der Waals surface area (Å²) in [4.78, 5) is 0. The maximum Gasteiger partial charge on any atom is 0.417 e. The first-order valence-electron chi connectivity index (χ1n) is 15.0. The van der Waals surface area contributed by atoms with E-state index >= 15 is 0 Å². The molecule has 0 heterocycles. The molecule has 0 atom stereocenters. The number of nitrogens with zero attached hydrogens (tertiary/aromatic N) is 7. The standard InChI is InChI=1S/C38H9F12N7/c1-15-27(35(39,40)41)2-16(3-28(15)36(42,43)44)31-24(12-55)20-6-21-23(7-22(20)33(31)18(8-51)9-52)34(19(10-53)11-54)32(25(21)13-56)17-4-29(37(45,46)47)26(14-57)30(5-17)38(48,49)50/h2-7H,1H3. The smallest absolute Gasteiger partial charge is 0.192 e. The minimum absolute atomic E-state index is 0.0633. The molecule has 0 fully saturated rings. The summed E-state index contributed by atoms with van der Waals surface area (Å²) in [5, 5.41) is 69.6. The average Bonchev–Trinajstić information content (AvgIpc) is 3.61. The lowest BCUT2D eigenvalue weighted by Crippen LogP contribution is -2.16. The Kier molecular flexibility index (Phi) is 9.57. The van der Waals surface area contributed by atoms with Gasteiger partial charge in [0.25, 0.3) is 0 Å². The lowest BCUT2D eigenvalue weighted by atomic mass is 9.87. The van der Waals surface area contributed by atoms with Gasteiger partial charge in [0, 0.05) is 33.4 Å². The summed E-state index contributed by atoms with van der Waals surface area (Å²) in [6.07, 6.45) is -22.1. The van der Waals surface area contributed by atoms with E-state index in [1.54, 1.807) is 12.1 Å². The SMILES string of the molecule is Cc1c(C(F)(F)F)cc(C2=C(C#N)c3cc4c(cc3C2=C(C#N)C#N)C(=C(C#N)C#N)C(c2cc(C(F)(F)F)c(C#N)c(C(F)(F)F)c2)=C4C#N)cc1C(F)(F)F. The monoisotopic (exact) mass is 791 g/mol. The quantitative estimate of drug-likeness (QED) is 0.184. The molecular weight excluding hydrogens is 782 g/mol. The molecule has 3 aromatic rings. The van der Waals surface area contributed by atoms with Crippen LogP contribution in [-0.4, -0.2) is 0 Å². The minimum Gasteiger partial charge on any atom is -0.192 e. The zero-order chi connectivity index (χ0) is 42.7. The van der Waals surface area contributed by atoms with Crippen LogP contribution in [0.3, 0.4) is 0 Å². The Morgan fingerprint density at radius 3 is 0.982 bits per heavy atom. The molecule has 0 radical (unpaired) electrons. The van der Waals surface area contributed by atoms with E-state index in [9.17, 15) is 89.5 Å². The molecule has 0 saturated carbocycles. The fourth-order valence-electron chi connectivity index (χ4n) is 6.62. The van der Waals surface area contributed by atoms with Gasteiger partial charge in [0.2, 0.25) is 0 Å². The zero-order valence-electron chi connectivity index (χ0n) is 27.6. The van der Waals surface area contributed by atoms with Crippen molar-refractivity contribution in [3.63, 3.8) is 0 Å². The second-order valence-corrected chi connectivity index (χ2v) is 11.9.